The lowest BCUT2D eigenvalue weighted by molar-refractivity contribution is -0.136. The van der Waals surface area contributed by atoms with Crippen LogP contribution in [0.5, 0.6) is 0 Å². The third kappa shape index (κ3) is 0.712. The number of hydrogen-bond acceptors (Lipinski definition) is 2. The second-order valence-electron chi connectivity index (χ2n) is 2.09. The predicted octanol–water partition coefficient (Wildman–Crippen LogP) is 1.55. The molecule has 5 heteroatoms. The highest BCUT2D eigenvalue weighted by Gasteiger charge is 2.49. The van der Waals surface area contributed by atoms with Crippen LogP contribution in [0.1, 0.15) is 0 Å². The molecule has 1 unspecified atom stereocenters. The molecule has 0 saturated carbocycles. The summed E-state index contributed by atoms with van der Waals surface area (Å²) in [5, 5.41) is -0.320. The number of amides is 1. The molecule has 0 aliphatic carbocycles. The van der Waals surface area contributed by atoms with Crippen LogP contribution >= 0.6 is 35.0 Å². The zero-order chi connectivity index (χ0) is 7.30. The summed E-state index contributed by atoms with van der Waals surface area (Å²) >= 11 is 12.7. The van der Waals surface area contributed by atoms with Gasteiger partial charge in [0.2, 0.25) is 5.91 Å². The first-order valence-corrected chi connectivity index (χ1v) is 4.40. The number of halogens is 2. The van der Waals surface area contributed by atoms with E-state index in [4.69, 9.17) is 23.2 Å². The first-order chi connectivity index (χ1) is 4.70. The summed E-state index contributed by atoms with van der Waals surface area (Å²) in [6.45, 7) is 0. The van der Waals surface area contributed by atoms with Crippen molar-refractivity contribution in [3.05, 3.63) is 10.6 Å². The minimum Gasteiger partial charge on any atom is -0.301 e. The molecule has 1 amide bonds. The Morgan fingerprint density at radius 1 is 1.70 bits per heavy atom. The molecule has 54 valence electrons. The van der Waals surface area contributed by atoms with Crippen LogP contribution in [0, 0.1) is 0 Å². The van der Waals surface area contributed by atoms with Crippen LogP contribution in [0.15, 0.2) is 10.6 Å². The van der Waals surface area contributed by atoms with Crippen molar-refractivity contribution in [1.29, 1.82) is 0 Å². The van der Waals surface area contributed by atoms with Gasteiger partial charge in [0.1, 0.15) is 10.8 Å². The molecule has 10 heavy (non-hydrogen) atoms. The van der Waals surface area contributed by atoms with Crippen LogP contribution < -0.4 is 0 Å². The van der Waals surface area contributed by atoms with Gasteiger partial charge in [0.25, 0.3) is 0 Å². The van der Waals surface area contributed by atoms with Crippen LogP contribution in [0.4, 0.5) is 0 Å². The van der Waals surface area contributed by atoms with Crippen molar-refractivity contribution in [1.82, 2.24) is 4.90 Å². The van der Waals surface area contributed by atoms with Gasteiger partial charge in [0.15, 0.2) is 0 Å². The van der Waals surface area contributed by atoms with E-state index in [1.54, 1.807) is 11.1 Å². The highest BCUT2D eigenvalue weighted by Crippen LogP contribution is 2.45. The topological polar surface area (TPSA) is 20.3 Å². The fourth-order valence-corrected chi connectivity index (χ4v) is 2.64. The summed E-state index contributed by atoms with van der Waals surface area (Å²) in [5.41, 5.74) is 0. The molecule has 1 fully saturated rings. The van der Waals surface area contributed by atoms with E-state index in [1.807, 2.05) is 0 Å². The average molecular weight is 196 g/mol. The van der Waals surface area contributed by atoms with Crippen LogP contribution in [0.3, 0.4) is 0 Å². The number of alkyl halides is 1. The summed E-state index contributed by atoms with van der Waals surface area (Å²) in [7, 11) is 0. The van der Waals surface area contributed by atoms with Crippen LogP contribution in [0.2, 0.25) is 0 Å². The second-order valence-corrected chi connectivity index (χ2v) is 4.35. The Hall–Kier alpha value is 0.140. The lowest BCUT2D eigenvalue weighted by Crippen LogP contribution is -2.55. The second kappa shape index (κ2) is 2.06. The number of carbonyl (C=O) groups is 1. The third-order valence-electron chi connectivity index (χ3n) is 1.49. The lowest BCUT2D eigenvalue weighted by atomic mass is 10.2. The van der Waals surface area contributed by atoms with Crippen molar-refractivity contribution >= 4 is 40.9 Å². The average Bonchev–Trinajstić information content (AvgIpc) is 2.27. The Morgan fingerprint density at radius 3 is 3.00 bits per heavy atom. The highest BCUT2D eigenvalue weighted by atomic mass is 35.5. The molecule has 1 saturated heterocycles. The van der Waals surface area contributed by atoms with E-state index in [1.165, 1.54) is 11.8 Å². The number of nitrogens with zero attached hydrogens (tertiary/aromatic N) is 1. The van der Waals surface area contributed by atoms with E-state index in [-0.39, 0.29) is 16.7 Å². The maximum Gasteiger partial charge on any atom is 0.248 e. The van der Waals surface area contributed by atoms with Crippen molar-refractivity contribution in [3.8, 4) is 0 Å². The number of carbonyl (C=O) groups excluding carboxylic acids is 1. The van der Waals surface area contributed by atoms with Crippen molar-refractivity contribution < 1.29 is 4.79 Å². The van der Waals surface area contributed by atoms with E-state index in [2.05, 4.69) is 0 Å². The first kappa shape index (κ1) is 6.83. The minimum absolute atomic E-state index is 0.0465. The minimum atomic E-state index is -0.377. The van der Waals surface area contributed by atoms with Crippen molar-refractivity contribution in [3.63, 3.8) is 0 Å². The number of β-lactam (4-membered cyclic amide) rings is 1. The molecular weight excluding hydrogens is 193 g/mol. The Kier molecular flexibility index (Phi) is 1.41. The molecule has 0 radical (unpaired) electrons. The SMILES string of the molecule is O=C1C(Cl)[C@H]2SC(Cl)=CN12. The Bertz CT molecular complexity index is 230. The van der Waals surface area contributed by atoms with Gasteiger partial charge in [-0.15, -0.1) is 11.6 Å². The maximum absolute atomic E-state index is 10.9. The van der Waals surface area contributed by atoms with Gasteiger partial charge in [-0.25, -0.2) is 0 Å². The smallest absolute Gasteiger partial charge is 0.248 e. The molecule has 0 bridgehead atoms. The summed E-state index contributed by atoms with van der Waals surface area (Å²) in [5.74, 6) is -0.0465. The van der Waals surface area contributed by atoms with E-state index in [0.717, 1.165) is 0 Å². The molecule has 2 atom stereocenters. The van der Waals surface area contributed by atoms with Gasteiger partial charge in [0, 0.05) is 6.20 Å². The van der Waals surface area contributed by atoms with E-state index >= 15 is 0 Å². The van der Waals surface area contributed by atoms with Gasteiger partial charge in [-0.1, -0.05) is 23.4 Å². The van der Waals surface area contributed by atoms with Crippen molar-refractivity contribution in [2.75, 3.05) is 0 Å². The zero-order valence-electron chi connectivity index (χ0n) is 4.75. The number of rotatable bonds is 0. The molecule has 2 rings (SSSR count). The number of fused-ring (bicyclic) bond motifs is 1. The molecule has 2 heterocycles. The van der Waals surface area contributed by atoms with Gasteiger partial charge < -0.3 is 4.90 Å². The summed E-state index contributed by atoms with van der Waals surface area (Å²) in [6.07, 6.45) is 1.62. The Morgan fingerprint density at radius 2 is 2.40 bits per heavy atom. The Balaban J connectivity index is 2.21. The molecule has 0 aromatic carbocycles. The van der Waals surface area contributed by atoms with Gasteiger partial charge in [0.05, 0.1) is 4.36 Å². The van der Waals surface area contributed by atoms with Gasteiger partial charge in [-0.05, 0) is 0 Å². The predicted molar refractivity (Wildman–Crippen MR) is 41.8 cm³/mol. The standard InChI is InChI=1S/C5H3Cl2NOS/c6-2-1-8-4(9)3(7)5(8)10-2/h1,3,5H/t3?,5-/m1/s1. The van der Waals surface area contributed by atoms with Crippen molar-refractivity contribution in [2.24, 2.45) is 0 Å². The molecule has 0 aromatic rings. The molecule has 0 aromatic heterocycles. The van der Waals surface area contributed by atoms with Gasteiger partial charge in [-0.3, -0.25) is 4.79 Å². The van der Waals surface area contributed by atoms with Crippen molar-refractivity contribution in [2.45, 2.75) is 10.8 Å². The lowest BCUT2D eigenvalue weighted by Gasteiger charge is -2.36. The largest absolute Gasteiger partial charge is 0.301 e. The Labute approximate surface area is 72.1 Å². The monoisotopic (exact) mass is 195 g/mol. The first-order valence-electron chi connectivity index (χ1n) is 2.70. The summed E-state index contributed by atoms with van der Waals surface area (Å²) in [6, 6.07) is 0. The van der Waals surface area contributed by atoms with E-state index in [0.29, 0.717) is 4.36 Å². The third-order valence-corrected chi connectivity index (χ3v) is 3.50. The fourth-order valence-electron chi connectivity index (χ4n) is 0.957. The zero-order valence-corrected chi connectivity index (χ0v) is 7.08. The fraction of sp³-hybridized carbons (Fsp3) is 0.400. The number of thioether (sulfide) groups is 1. The van der Waals surface area contributed by atoms with Crippen LogP contribution in [-0.2, 0) is 4.79 Å². The molecule has 0 N–H and O–H groups in total. The quantitative estimate of drug-likeness (QED) is 0.432. The molecule has 2 aliphatic rings. The van der Waals surface area contributed by atoms with E-state index in [9.17, 15) is 4.79 Å². The molecule has 2 nitrogen and oxygen atoms in total. The van der Waals surface area contributed by atoms with Gasteiger partial charge >= 0.3 is 0 Å². The van der Waals surface area contributed by atoms with Crippen LogP contribution in [0.25, 0.3) is 0 Å². The van der Waals surface area contributed by atoms with Crippen LogP contribution in [-0.4, -0.2) is 21.6 Å². The maximum atomic E-state index is 10.9. The van der Waals surface area contributed by atoms with Gasteiger partial charge in [-0.2, -0.15) is 0 Å². The molecule has 2 aliphatic heterocycles. The molecule has 0 spiro atoms. The van der Waals surface area contributed by atoms with E-state index < -0.39 is 0 Å². The normalized spacial score (nSPS) is 37.2. The number of hydrogen-bond donors (Lipinski definition) is 0. The highest BCUT2D eigenvalue weighted by molar-refractivity contribution is 8.05. The molecular formula is C5H3Cl2NOS. The summed E-state index contributed by atoms with van der Waals surface area (Å²) in [4.78, 5) is 12.4. The summed E-state index contributed by atoms with van der Waals surface area (Å²) < 4.78 is 0.640.